The number of benzene rings is 1. The van der Waals surface area contributed by atoms with E-state index >= 15 is 0 Å². The van der Waals surface area contributed by atoms with Crippen molar-refractivity contribution in [3.05, 3.63) is 35.6 Å². The predicted molar refractivity (Wildman–Crippen MR) is 60.4 cm³/mol. The Labute approximate surface area is 107 Å². The minimum atomic E-state index is -1.39. The topological polar surface area (TPSA) is 90.8 Å². The van der Waals surface area contributed by atoms with Crippen LogP contribution in [0.15, 0.2) is 29.4 Å². The summed E-state index contributed by atoms with van der Waals surface area (Å²) in [4.78, 5) is 26.6. The second-order valence-electron chi connectivity index (χ2n) is 3.94. The average molecular weight is 265 g/mol. The highest BCUT2D eigenvalue weighted by Crippen LogP contribution is 2.17. The second-order valence-corrected chi connectivity index (χ2v) is 3.94. The highest BCUT2D eigenvalue weighted by atomic mass is 19.1. The smallest absolute Gasteiger partial charge is 0.264 e. The lowest BCUT2D eigenvalue weighted by atomic mass is 10.0. The third kappa shape index (κ3) is 3.27. The Morgan fingerprint density at radius 1 is 1.53 bits per heavy atom. The molecule has 0 aromatic heterocycles. The van der Waals surface area contributed by atoms with Crippen LogP contribution in [0.1, 0.15) is 12.0 Å². The Hall–Kier alpha value is -2.44. The van der Waals surface area contributed by atoms with E-state index in [1.54, 1.807) is 6.07 Å². The van der Waals surface area contributed by atoms with Crippen LogP contribution in [0.3, 0.4) is 0 Å². The lowest BCUT2D eigenvalue weighted by Crippen LogP contribution is -2.42. The minimum absolute atomic E-state index is 0.155. The molecule has 1 N–H and O–H groups in total. The van der Waals surface area contributed by atoms with Gasteiger partial charge in [0.15, 0.2) is 0 Å². The van der Waals surface area contributed by atoms with Crippen LogP contribution >= 0.6 is 0 Å². The molecule has 0 saturated heterocycles. The van der Waals surface area contributed by atoms with Crippen LogP contribution in [-0.2, 0) is 14.4 Å². The molecule has 2 rings (SSSR count). The van der Waals surface area contributed by atoms with Crippen molar-refractivity contribution in [2.75, 3.05) is 6.54 Å². The van der Waals surface area contributed by atoms with Crippen molar-refractivity contribution >= 4 is 17.6 Å². The van der Waals surface area contributed by atoms with Crippen molar-refractivity contribution in [3.63, 3.8) is 0 Å². The maximum absolute atomic E-state index is 13.0. The fraction of sp³-hybridized carbons (Fsp3) is 0.250. The third-order valence-electron chi connectivity index (χ3n) is 2.53. The molecule has 1 aromatic carbocycles. The molecular formula is C12H10FN2O4-. The third-order valence-corrected chi connectivity index (χ3v) is 2.53. The van der Waals surface area contributed by atoms with Crippen molar-refractivity contribution in [2.45, 2.75) is 12.5 Å². The zero-order valence-corrected chi connectivity index (χ0v) is 9.76. The number of hydrogen-bond donors (Lipinski definition) is 1. The van der Waals surface area contributed by atoms with E-state index < -0.39 is 30.3 Å². The van der Waals surface area contributed by atoms with Gasteiger partial charge in [-0.1, -0.05) is 17.3 Å². The van der Waals surface area contributed by atoms with Gasteiger partial charge in [0.25, 0.3) is 5.91 Å². The fourth-order valence-electron chi connectivity index (χ4n) is 1.63. The zero-order chi connectivity index (χ0) is 13.8. The van der Waals surface area contributed by atoms with E-state index in [1.807, 2.05) is 0 Å². The summed E-state index contributed by atoms with van der Waals surface area (Å²) < 4.78 is 13.0. The minimum Gasteiger partial charge on any atom is -0.548 e. The summed E-state index contributed by atoms with van der Waals surface area (Å²) in [6.07, 6.45) is -0.750. The van der Waals surface area contributed by atoms with Crippen molar-refractivity contribution in [1.82, 2.24) is 5.32 Å². The lowest BCUT2D eigenvalue weighted by Gasteiger charge is -2.09. The monoisotopic (exact) mass is 265 g/mol. The van der Waals surface area contributed by atoms with Crippen molar-refractivity contribution < 1.29 is 23.9 Å². The number of aliphatic carboxylic acids is 1. The number of rotatable bonds is 4. The lowest BCUT2D eigenvalue weighted by molar-refractivity contribution is -0.304. The van der Waals surface area contributed by atoms with Crippen LogP contribution < -0.4 is 10.4 Å². The number of carboxylic acids is 1. The van der Waals surface area contributed by atoms with E-state index in [0.29, 0.717) is 11.3 Å². The Kier molecular flexibility index (Phi) is 3.74. The molecule has 0 spiro atoms. The molecule has 1 atom stereocenters. The first-order chi connectivity index (χ1) is 9.06. The van der Waals surface area contributed by atoms with Gasteiger partial charge in [-0.25, -0.2) is 4.39 Å². The van der Waals surface area contributed by atoms with Gasteiger partial charge in [-0.05, 0) is 12.1 Å². The molecule has 1 amide bonds. The average Bonchev–Trinajstić information content (AvgIpc) is 2.85. The summed E-state index contributed by atoms with van der Waals surface area (Å²) in [5.41, 5.74) is 0.961. The number of nitrogens with one attached hydrogen (secondary N) is 1. The molecule has 1 aromatic rings. The summed E-state index contributed by atoms with van der Waals surface area (Å²) in [6, 6.07) is 5.75. The summed E-state index contributed by atoms with van der Waals surface area (Å²) in [5.74, 6) is -2.40. The highest BCUT2D eigenvalue weighted by molar-refractivity contribution is 6.04. The van der Waals surface area contributed by atoms with E-state index in [4.69, 9.17) is 4.84 Å². The fourth-order valence-corrected chi connectivity index (χ4v) is 1.63. The number of carbonyl (C=O) groups is 2. The van der Waals surface area contributed by atoms with Crippen LogP contribution in [-0.4, -0.2) is 30.2 Å². The maximum Gasteiger partial charge on any atom is 0.264 e. The van der Waals surface area contributed by atoms with E-state index in [-0.39, 0.29) is 6.42 Å². The van der Waals surface area contributed by atoms with Crippen LogP contribution in [0.25, 0.3) is 0 Å². The molecule has 1 aliphatic rings. The first-order valence-electron chi connectivity index (χ1n) is 5.52. The molecule has 100 valence electrons. The predicted octanol–water partition coefficient (Wildman–Crippen LogP) is -0.815. The number of amides is 1. The molecule has 7 heteroatoms. The number of oxime groups is 1. The summed E-state index contributed by atoms with van der Waals surface area (Å²) in [6.45, 7) is -0.589. The van der Waals surface area contributed by atoms with Gasteiger partial charge in [0.1, 0.15) is 5.82 Å². The Morgan fingerprint density at radius 3 is 3.00 bits per heavy atom. The largest absolute Gasteiger partial charge is 0.548 e. The Balaban J connectivity index is 1.95. The number of carbonyl (C=O) groups excluding carboxylic acids is 2. The molecule has 0 aliphatic carbocycles. The summed E-state index contributed by atoms with van der Waals surface area (Å²) >= 11 is 0. The molecule has 6 nitrogen and oxygen atoms in total. The van der Waals surface area contributed by atoms with Gasteiger partial charge in [0.2, 0.25) is 6.10 Å². The normalized spacial score (nSPS) is 17.5. The number of halogens is 1. The van der Waals surface area contributed by atoms with Crippen LogP contribution in [0.2, 0.25) is 0 Å². The number of carboxylic acid groups (broad SMARTS) is 1. The van der Waals surface area contributed by atoms with Gasteiger partial charge in [-0.3, -0.25) is 4.79 Å². The van der Waals surface area contributed by atoms with Gasteiger partial charge in [-0.2, -0.15) is 0 Å². The maximum atomic E-state index is 13.0. The number of hydrogen-bond acceptors (Lipinski definition) is 5. The zero-order valence-electron chi connectivity index (χ0n) is 9.76. The van der Waals surface area contributed by atoms with Gasteiger partial charge in [-0.15, -0.1) is 0 Å². The molecule has 0 bridgehead atoms. The van der Waals surface area contributed by atoms with Crippen LogP contribution in [0.4, 0.5) is 4.39 Å². The van der Waals surface area contributed by atoms with Crippen LogP contribution in [0, 0.1) is 5.82 Å². The van der Waals surface area contributed by atoms with Crippen LogP contribution in [0.5, 0.6) is 0 Å². The molecule has 0 unspecified atom stereocenters. The van der Waals surface area contributed by atoms with E-state index in [2.05, 4.69) is 10.5 Å². The molecular weight excluding hydrogens is 255 g/mol. The van der Waals surface area contributed by atoms with E-state index in [9.17, 15) is 19.1 Å². The standard InChI is InChI=1S/C12H11FN2O4/c13-8-3-1-2-7(4-8)9-5-10(19-15-9)12(18)14-6-11(16)17/h1-4,10H,5-6H2,(H,14,18)(H,16,17)/p-1/t10-/m1/s1. The second kappa shape index (κ2) is 5.47. The Bertz CT molecular complexity index is 544. The van der Waals surface area contributed by atoms with Gasteiger partial charge in [0, 0.05) is 12.0 Å². The molecule has 1 heterocycles. The summed E-state index contributed by atoms with van der Waals surface area (Å²) in [5, 5.41) is 16.0. The SMILES string of the molecule is O=C([O-])CNC(=O)[C@H]1CC(c2cccc(F)c2)=NO1. The first-order valence-corrected chi connectivity index (χ1v) is 5.52. The molecule has 0 fully saturated rings. The van der Waals surface area contributed by atoms with E-state index in [1.165, 1.54) is 18.2 Å². The van der Waals surface area contributed by atoms with Crippen molar-refractivity contribution in [3.8, 4) is 0 Å². The summed E-state index contributed by atoms with van der Waals surface area (Å²) in [7, 11) is 0. The Morgan fingerprint density at radius 2 is 2.32 bits per heavy atom. The first kappa shape index (κ1) is 13.0. The molecule has 1 aliphatic heterocycles. The van der Waals surface area contributed by atoms with Gasteiger partial charge < -0.3 is 20.1 Å². The molecule has 0 radical (unpaired) electrons. The van der Waals surface area contributed by atoms with Crippen molar-refractivity contribution in [1.29, 1.82) is 0 Å². The molecule has 19 heavy (non-hydrogen) atoms. The van der Waals surface area contributed by atoms with Crippen molar-refractivity contribution in [2.24, 2.45) is 5.16 Å². The molecule has 0 saturated carbocycles. The highest BCUT2D eigenvalue weighted by Gasteiger charge is 2.28. The van der Waals surface area contributed by atoms with E-state index in [0.717, 1.165) is 0 Å². The van der Waals surface area contributed by atoms with Gasteiger partial charge in [0.05, 0.1) is 18.2 Å². The van der Waals surface area contributed by atoms with Gasteiger partial charge >= 0.3 is 0 Å². The quantitative estimate of drug-likeness (QED) is 0.770. The number of nitrogens with zero attached hydrogens (tertiary/aromatic N) is 1.